The molecule has 3 rings (SSSR count). The highest BCUT2D eigenvalue weighted by Crippen LogP contribution is 2.29. The van der Waals surface area contributed by atoms with E-state index in [1.165, 1.54) is 32.2 Å². The number of hydrogen-bond donors (Lipinski definition) is 1. The van der Waals surface area contributed by atoms with Crippen molar-refractivity contribution in [1.82, 2.24) is 14.7 Å². The van der Waals surface area contributed by atoms with E-state index in [2.05, 4.69) is 28.4 Å². The Morgan fingerprint density at radius 1 is 1.32 bits per heavy atom. The molecule has 2 atom stereocenters. The number of nitrogens with zero attached hydrogens (tertiary/aromatic N) is 3. The smallest absolute Gasteiger partial charge is 0.205 e. The van der Waals surface area contributed by atoms with Crippen molar-refractivity contribution in [2.45, 2.75) is 51.5 Å². The molecule has 3 heterocycles. The molecule has 0 bridgehead atoms. The number of anilines is 1. The first-order valence-electron chi connectivity index (χ1n) is 7.56. The van der Waals surface area contributed by atoms with Crippen molar-refractivity contribution >= 4 is 16.7 Å². The van der Waals surface area contributed by atoms with Crippen LogP contribution >= 0.6 is 11.5 Å². The topological polar surface area (TPSA) is 41.1 Å². The average Bonchev–Trinajstić information content (AvgIpc) is 3.10. The standard InChI is InChI=1S/C14H24N4S/c1-10(2)13-16-14(19-17-13)18-8-4-5-11(9-18)12-6-3-7-15-12/h10-12,15H,3-9H2,1-2H3. The monoisotopic (exact) mass is 280 g/mol. The first-order valence-corrected chi connectivity index (χ1v) is 8.33. The third-order valence-electron chi connectivity index (χ3n) is 4.34. The molecule has 0 spiro atoms. The molecule has 0 saturated carbocycles. The fourth-order valence-corrected chi connectivity index (χ4v) is 4.06. The summed E-state index contributed by atoms with van der Waals surface area (Å²) in [4.78, 5) is 7.16. The third kappa shape index (κ3) is 2.92. The minimum Gasteiger partial charge on any atom is -0.347 e. The summed E-state index contributed by atoms with van der Waals surface area (Å²) in [6.45, 7) is 7.83. The molecule has 2 unspecified atom stereocenters. The van der Waals surface area contributed by atoms with Gasteiger partial charge in [-0.2, -0.15) is 4.37 Å². The minimum absolute atomic E-state index is 0.432. The maximum atomic E-state index is 4.71. The highest BCUT2D eigenvalue weighted by molar-refractivity contribution is 7.09. The van der Waals surface area contributed by atoms with Crippen LogP contribution in [0.5, 0.6) is 0 Å². The Labute approximate surface area is 119 Å². The molecule has 1 aromatic rings. The molecule has 106 valence electrons. The Hall–Kier alpha value is -0.680. The van der Waals surface area contributed by atoms with Crippen LogP contribution in [0.1, 0.15) is 51.3 Å². The summed E-state index contributed by atoms with van der Waals surface area (Å²) in [7, 11) is 0. The first-order chi connectivity index (χ1) is 9.24. The van der Waals surface area contributed by atoms with Crippen LogP contribution in [0.3, 0.4) is 0 Å². The van der Waals surface area contributed by atoms with Gasteiger partial charge < -0.3 is 10.2 Å². The van der Waals surface area contributed by atoms with E-state index in [0.717, 1.165) is 36.0 Å². The molecule has 2 saturated heterocycles. The highest BCUT2D eigenvalue weighted by Gasteiger charge is 2.30. The second-order valence-corrected chi connectivity index (χ2v) is 6.87. The summed E-state index contributed by atoms with van der Waals surface area (Å²) in [5, 5.41) is 4.79. The van der Waals surface area contributed by atoms with Gasteiger partial charge >= 0.3 is 0 Å². The fraction of sp³-hybridized carbons (Fsp3) is 0.857. The quantitative estimate of drug-likeness (QED) is 0.924. The van der Waals surface area contributed by atoms with Crippen LogP contribution in [0, 0.1) is 5.92 Å². The highest BCUT2D eigenvalue weighted by atomic mass is 32.1. The summed E-state index contributed by atoms with van der Waals surface area (Å²) in [6.07, 6.45) is 5.35. The summed E-state index contributed by atoms with van der Waals surface area (Å²) in [5.41, 5.74) is 0. The van der Waals surface area contributed by atoms with E-state index >= 15 is 0 Å². The molecule has 1 N–H and O–H groups in total. The molecule has 5 heteroatoms. The van der Waals surface area contributed by atoms with E-state index in [0.29, 0.717) is 5.92 Å². The number of piperidine rings is 1. The zero-order valence-electron chi connectivity index (χ0n) is 11.9. The van der Waals surface area contributed by atoms with Gasteiger partial charge in [0.1, 0.15) is 5.82 Å². The lowest BCUT2D eigenvalue weighted by molar-refractivity contribution is 0.328. The van der Waals surface area contributed by atoms with Crippen molar-refractivity contribution in [2.75, 3.05) is 24.5 Å². The Bertz CT molecular complexity index is 411. The molecule has 0 aliphatic carbocycles. The zero-order valence-corrected chi connectivity index (χ0v) is 12.7. The van der Waals surface area contributed by atoms with Crippen LogP contribution in [0.4, 0.5) is 5.13 Å². The van der Waals surface area contributed by atoms with Crippen LogP contribution in [0.15, 0.2) is 0 Å². The normalized spacial score (nSPS) is 28.3. The van der Waals surface area contributed by atoms with Gasteiger partial charge in [0.2, 0.25) is 5.13 Å². The summed E-state index contributed by atoms with van der Waals surface area (Å²) < 4.78 is 4.49. The predicted octanol–water partition coefficient (Wildman–Crippen LogP) is 2.63. The molecule has 2 fully saturated rings. The van der Waals surface area contributed by atoms with Crippen molar-refractivity contribution in [2.24, 2.45) is 5.92 Å². The lowest BCUT2D eigenvalue weighted by Crippen LogP contribution is -2.43. The number of aromatic nitrogens is 2. The summed E-state index contributed by atoms with van der Waals surface area (Å²) >= 11 is 1.57. The molecule has 2 aliphatic heterocycles. The molecule has 1 aromatic heterocycles. The van der Waals surface area contributed by atoms with Crippen molar-refractivity contribution in [3.63, 3.8) is 0 Å². The minimum atomic E-state index is 0.432. The van der Waals surface area contributed by atoms with Crippen molar-refractivity contribution < 1.29 is 0 Å². The lowest BCUT2D eigenvalue weighted by atomic mass is 9.90. The summed E-state index contributed by atoms with van der Waals surface area (Å²) in [6, 6.07) is 0.736. The van der Waals surface area contributed by atoms with Gasteiger partial charge in [-0.1, -0.05) is 13.8 Å². The Kier molecular flexibility index (Phi) is 4.03. The third-order valence-corrected chi connectivity index (χ3v) is 5.13. The van der Waals surface area contributed by atoms with Crippen LogP contribution in [-0.4, -0.2) is 35.0 Å². The SMILES string of the molecule is CC(C)c1nsc(N2CCCC(C3CCCN3)C2)n1. The number of rotatable bonds is 3. The van der Waals surface area contributed by atoms with Gasteiger partial charge in [0, 0.05) is 36.6 Å². The predicted molar refractivity (Wildman–Crippen MR) is 80.0 cm³/mol. The van der Waals surface area contributed by atoms with Gasteiger partial charge in [0.05, 0.1) is 0 Å². The Balaban J connectivity index is 1.66. The largest absolute Gasteiger partial charge is 0.347 e. The van der Waals surface area contributed by atoms with E-state index in [4.69, 9.17) is 4.98 Å². The van der Waals surface area contributed by atoms with E-state index in [1.54, 1.807) is 11.5 Å². The molecular weight excluding hydrogens is 256 g/mol. The molecule has 0 radical (unpaired) electrons. The lowest BCUT2D eigenvalue weighted by Gasteiger charge is -2.35. The van der Waals surface area contributed by atoms with Crippen LogP contribution in [0.2, 0.25) is 0 Å². The molecule has 19 heavy (non-hydrogen) atoms. The van der Waals surface area contributed by atoms with Crippen molar-refractivity contribution in [1.29, 1.82) is 0 Å². The van der Waals surface area contributed by atoms with Crippen LogP contribution in [-0.2, 0) is 0 Å². The fourth-order valence-electron chi connectivity index (χ4n) is 3.22. The van der Waals surface area contributed by atoms with Crippen LogP contribution in [0.25, 0.3) is 0 Å². The Morgan fingerprint density at radius 2 is 2.21 bits per heavy atom. The molecule has 2 aliphatic rings. The average molecular weight is 280 g/mol. The van der Waals surface area contributed by atoms with Gasteiger partial charge in [0.25, 0.3) is 0 Å². The number of hydrogen-bond acceptors (Lipinski definition) is 5. The van der Waals surface area contributed by atoms with E-state index < -0.39 is 0 Å². The maximum Gasteiger partial charge on any atom is 0.205 e. The maximum absolute atomic E-state index is 4.71. The molecular formula is C14H24N4S. The van der Waals surface area contributed by atoms with E-state index in [1.807, 2.05) is 0 Å². The van der Waals surface area contributed by atoms with E-state index in [9.17, 15) is 0 Å². The van der Waals surface area contributed by atoms with Gasteiger partial charge in [-0.05, 0) is 38.1 Å². The zero-order chi connectivity index (χ0) is 13.2. The van der Waals surface area contributed by atoms with Gasteiger partial charge in [-0.3, -0.25) is 0 Å². The van der Waals surface area contributed by atoms with Gasteiger partial charge in [-0.15, -0.1) is 0 Å². The first kappa shape index (κ1) is 13.3. The van der Waals surface area contributed by atoms with Crippen LogP contribution < -0.4 is 10.2 Å². The van der Waals surface area contributed by atoms with Crippen molar-refractivity contribution in [3.8, 4) is 0 Å². The second-order valence-electron chi connectivity index (χ2n) is 6.14. The van der Waals surface area contributed by atoms with Gasteiger partial charge in [-0.25, -0.2) is 4.98 Å². The second kappa shape index (κ2) is 5.75. The van der Waals surface area contributed by atoms with Crippen molar-refractivity contribution in [3.05, 3.63) is 5.82 Å². The summed E-state index contributed by atoms with van der Waals surface area (Å²) in [5.74, 6) is 2.23. The molecule has 0 amide bonds. The van der Waals surface area contributed by atoms with Gasteiger partial charge in [0.15, 0.2) is 0 Å². The Morgan fingerprint density at radius 3 is 2.89 bits per heavy atom. The molecule has 4 nitrogen and oxygen atoms in total. The number of nitrogens with one attached hydrogen (secondary N) is 1. The van der Waals surface area contributed by atoms with E-state index in [-0.39, 0.29) is 0 Å². The molecule has 0 aromatic carbocycles.